The van der Waals surface area contributed by atoms with Gasteiger partial charge < -0.3 is 20.3 Å². The summed E-state index contributed by atoms with van der Waals surface area (Å²) in [7, 11) is 1.58. The van der Waals surface area contributed by atoms with E-state index >= 15 is 0 Å². The molecule has 0 saturated heterocycles. The predicted octanol–water partition coefficient (Wildman–Crippen LogP) is 2.60. The summed E-state index contributed by atoms with van der Waals surface area (Å²) < 4.78 is 5.09. The van der Waals surface area contributed by atoms with E-state index in [1.165, 1.54) is 12.8 Å². The molecule has 1 saturated carbocycles. The molecule has 1 aromatic carbocycles. The largest absolute Gasteiger partial charge is 0.507 e. The number of phenols is 1. The van der Waals surface area contributed by atoms with E-state index in [0.29, 0.717) is 5.75 Å². The van der Waals surface area contributed by atoms with Gasteiger partial charge in [0.15, 0.2) is 0 Å². The summed E-state index contributed by atoms with van der Waals surface area (Å²) in [5.41, 5.74) is 0.882. The van der Waals surface area contributed by atoms with Crippen LogP contribution in [0, 0.1) is 5.41 Å². The standard InChI is InChI=1S/C16H25NO3/c1-12(14-6-5-13(20-2)9-15(14)19)17-10-16(11-18)7-3-4-8-16/h5-6,9,12,17-19H,3-4,7-8,10-11H2,1-2H3. The minimum atomic E-state index is 0.0242. The van der Waals surface area contributed by atoms with Gasteiger partial charge in [-0.05, 0) is 25.8 Å². The van der Waals surface area contributed by atoms with E-state index in [2.05, 4.69) is 5.32 Å². The normalized spacial score (nSPS) is 18.9. The number of methoxy groups -OCH3 is 1. The zero-order valence-electron chi connectivity index (χ0n) is 12.4. The first kappa shape index (κ1) is 15.1. The molecule has 4 heteroatoms. The molecule has 3 N–H and O–H groups in total. The second-order valence-electron chi connectivity index (χ2n) is 5.89. The lowest BCUT2D eigenvalue weighted by molar-refractivity contribution is 0.125. The summed E-state index contributed by atoms with van der Waals surface area (Å²) in [5, 5.41) is 23.1. The third kappa shape index (κ3) is 3.25. The Labute approximate surface area is 120 Å². The van der Waals surface area contributed by atoms with Crippen LogP contribution in [0.5, 0.6) is 11.5 Å². The Morgan fingerprint density at radius 3 is 2.60 bits per heavy atom. The maximum absolute atomic E-state index is 10.0. The van der Waals surface area contributed by atoms with E-state index in [9.17, 15) is 10.2 Å². The zero-order chi connectivity index (χ0) is 14.6. The molecule has 1 fully saturated rings. The zero-order valence-corrected chi connectivity index (χ0v) is 12.4. The van der Waals surface area contributed by atoms with E-state index < -0.39 is 0 Å². The van der Waals surface area contributed by atoms with Crippen LogP contribution < -0.4 is 10.1 Å². The molecule has 0 heterocycles. The molecule has 0 aliphatic heterocycles. The fraction of sp³-hybridized carbons (Fsp3) is 0.625. The minimum Gasteiger partial charge on any atom is -0.507 e. The molecule has 20 heavy (non-hydrogen) atoms. The van der Waals surface area contributed by atoms with Gasteiger partial charge in [-0.3, -0.25) is 0 Å². The van der Waals surface area contributed by atoms with E-state index in [1.54, 1.807) is 13.2 Å². The Hall–Kier alpha value is -1.26. The molecule has 1 aliphatic carbocycles. The molecule has 0 bridgehead atoms. The van der Waals surface area contributed by atoms with Crippen molar-refractivity contribution in [3.63, 3.8) is 0 Å². The van der Waals surface area contributed by atoms with Crippen molar-refractivity contribution in [3.8, 4) is 11.5 Å². The van der Waals surface area contributed by atoms with Crippen LogP contribution >= 0.6 is 0 Å². The quantitative estimate of drug-likeness (QED) is 0.749. The van der Waals surface area contributed by atoms with E-state index in [1.807, 2.05) is 19.1 Å². The van der Waals surface area contributed by atoms with Crippen molar-refractivity contribution in [1.82, 2.24) is 5.32 Å². The van der Waals surface area contributed by atoms with Gasteiger partial charge in [-0.1, -0.05) is 18.9 Å². The second-order valence-corrected chi connectivity index (χ2v) is 5.89. The fourth-order valence-corrected chi connectivity index (χ4v) is 3.01. The average molecular weight is 279 g/mol. The fourth-order valence-electron chi connectivity index (χ4n) is 3.01. The Kier molecular flexibility index (Phi) is 4.89. The van der Waals surface area contributed by atoms with Gasteiger partial charge in [-0.25, -0.2) is 0 Å². The van der Waals surface area contributed by atoms with Crippen LogP contribution in [-0.2, 0) is 0 Å². The molecule has 2 rings (SSSR count). The Balaban J connectivity index is 1.99. The lowest BCUT2D eigenvalue weighted by atomic mass is 9.87. The minimum absolute atomic E-state index is 0.0242. The SMILES string of the molecule is COc1ccc(C(C)NCC2(CO)CCCC2)c(O)c1. The molecule has 0 spiro atoms. The molecular weight excluding hydrogens is 254 g/mol. The van der Waals surface area contributed by atoms with E-state index in [4.69, 9.17) is 4.74 Å². The van der Waals surface area contributed by atoms with Crippen LogP contribution in [0.25, 0.3) is 0 Å². The lowest BCUT2D eigenvalue weighted by Gasteiger charge is -2.29. The highest BCUT2D eigenvalue weighted by atomic mass is 16.5. The van der Waals surface area contributed by atoms with Gasteiger partial charge in [0.2, 0.25) is 0 Å². The third-order valence-corrected chi connectivity index (χ3v) is 4.49. The van der Waals surface area contributed by atoms with E-state index in [0.717, 1.165) is 24.9 Å². The van der Waals surface area contributed by atoms with Crippen molar-refractivity contribution in [2.45, 2.75) is 38.6 Å². The number of aromatic hydroxyl groups is 1. The van der Waals surface area contributed by atoms with Crippen molar-refractivity contribution < 1.29 is 14.9 Å². The summed E-state index contributed by atoms with van der Waals surface area (Å²) in [6, 6.07) is 5.41. The number of phenolic OH excluding ortho intramolecular Hbond substituents is 1. The highest BCUT2D eigenvalue weighted by molar-refractivity contribution is 5.41. The maximum atomic E-state index is 10.0. The maximum Gasteiger partial charge on any atom is 0.124 e. The highest BCUT2D eigenvalue weighted by Crippen LogP contribution is 2.38. The number of aliphatic hydroxyl groups is 1. The summed E-state index contributed by atoms with van der Waals surface area (Å²) in [6.45, 7) is 3.05. The third-order valence-electron chi connectivity index (χ3n) is 4.49. The molecule has 1 unspecified atom stereocenters. The van der Waals surface area contributed by atoms with Crippen LogP contribution in [0.2, 0.25) is 0 Å². The number of ether oxygens (including phenoxy) is 1. The smallest absolute Gasteiger partial charge is 0.124 e. The topological polar surface area (TPSA) is 61.7 Å². The van der Waals surface area contributed by atoms with Gasteiger partial charge in [-0.2, -0.15) is 0 Å². The number of hydrogen-bond acceptors (Lipinski definition) is 4. The van der Waals surface area contributed by atoms with Crippen LogP contribution in [0.15, 0.2) is 18.2 Å². The highest BCUT2D eigenvalue weighted by Gasteiger charge is 2.33. The molecular formula is C16H25NO3. The lowest BCUT2D eigenvalue weighted by Crippen LogP contribution is -2.36. The molecule has 1 atom stereocenters. The molecule has 4 nitrogen and oxygen atoms in total. The van der Waals surface area contributed by atoms with Crippen molar-refractivity contribution in [2.24, 2.45) is 5.41 Å². The monoisotopic (exact) mass is 279 g/mol. The van der Waals surface area contributed by atoms with Crippen molar-refractivity contribution in [2.75, 3.05) is 20.3 Å². The van der Waals surface area contributed by atoms with Crippen LogP contribution in [0.4, 0.5) is 0 Å². The Bertz CT molecular complexity index is 441. The van der Waals surface area contributed by atoms with Gasteiger partial charge in [0, 0.05) is 36.2 Å². The summed E-state index contributed by atoms with van der Waals surface area (Å²) in [4.78, 5) is 0. The first-order valence-corrected chi connectivity index (χ1v) is 7.31. The van der Waals surface area contributed by atoms with Crippen LogP contribution in [-0.4, -0.2) is 30.5 Å². The van der Waals surface area contributed by atoms with Gasteiger partial charge in [0.05, 0.1) is 7.11 Å². The number of nitrogens with one attached hydrogen (secondary N) is 1. The van der Waals surface area contributed by atoms with Crippen LogP contribution in [0.1, 0.15) is 44.2 Å². The molecule has 1 aliphatic rings. The molecule has 0 amide bonds. The Morgan fingerprint density at radius 1 is 1.35 bits per heavy atom. The summed E-state index contributed by atoms with van der Waals surface area (Å²) in [6.07, 6.45) is 4.56. The number of hydrogen-bond donors (Lipinski definition) is 3. The van der Waals surface area contributed by atoms with E-state index in [-0.39, 0.29) is 23.8 Å². The van der Waals surface area contributed by atoms with Crippen molar-refractivity contribution in [1.29, 1.82) is 0 Å². The Morgan fingerprint density at radius 2 is 2.05 bits per heavy atom. The molecule has 0 aromatic heterocycles. The first-order chi connectivity index (χ1) is 9.60. The number of rotatable bonds is 6. The van der Waals surface area contributed by atoms with Gasteiger partial charge in [0.1, 0.15) is 11.5 Å². The molecule has 112 valence electrons. The summed E-state index contributed by atoms with van der Waals surface area (Å²) in [5.74, 6) is 0.898. The average Bonchev–Trinajstić information content (AvgIpc) is 2.94. The second kappa shape index (κ2) is 6.46. The van der Waals surface area contributed by atoms with Crippen molar-refractivity contribution in [3.05, 3.63) is 23.8 Å². The number of benzene rings is 1. The van der Waals surface area contributed by atoms with Crippen LogP contribution in [0.3, 0.4) is 0 Å². The van der Waals surface area contributed by atoms with Gasteiger partial charge in [-0.15, -0.1) is 0 Å². The first-order valence-electron chi connectivity index (χ1n) is 7.31. The molecule has 1 aromatic rings. The van der Waals surface area contributed by atoms with Crippen molar-refractivity contribution >= 4 is 0 Å². The van der Waals surface area contributed by atoms with Gasteiger partial charge >= 0.3 is 0 Å². The summed E-state index contributed by atoms with van der Waals surface area (Å²) >= 11 is 0. The predicted molar refractivity (Wildman–Crippen MR) is 79.1 cm³/mol. The van der Waals surface area contributed by atoms with Gasteiger partial charge in [0.25, 0.3) is 0 Å². The molecule has 0 radical (unpaired) electrons. The number of aliphatic hydroxyl groups excluding tert-OH is 1.